The molecule has 0 aliphatic carbocycles. The first kappa shape index (κ1) is 15.7. The molecule has 1 N–H and O–H groups in total. The van der Waals surface area contributed by atoms with Crippen LogP contribution in [0.4, 0.5) is 0 Å². The predicted molar refractivity (Wildman–Crippen MR) is 84.0 cm³/mol. The predicted octanol–water partition coefficient (Wildman–Crippen LogP) is 4.80. The zero-order valence-corrected chi connectivity index (χ0v) is 13.7. The Morgan fingerprint density at radius 2 is 1.78 bits per heavy atom. The smallest absolute Gasteiger partial charge is 0.0175 e. The highest BCUT2D eigenvalue weighted by molar-refractivity contribution is 9.10. The van der Waals surface area contributed by atoms with Crippen molar-refractivity contribution >= 4 is 15.9 Å². The van der Waals surface area contributed by atoms with Gasteiger partial charge in [0.1, 0.15) is 0 Å². The molecular weight excluding hydrogens is 286 g/mol. The normalized spacial score (nSPS) is 13.6. The highest BCUT2D eigenvalue weighted by atomic mass is 79.9. The average molecular weight is 312 g/mol. The van der Waals surface area contributed by atoms with Crippen LogP contribution in [-0.4, -0.2) is 12.1 Å². The quantitative estimate of drug-likeness (QED) is 0.796. The Morgan fingerprint density at radius 3 is 2.28 bits per heavy atom. The van der Waals surface area contributed by atoms with E-state index in [2.05, 4.69) is 73.2 Å². The summed E-state index contributed by atoms with van der Waals surface area (Å²) in [6.45, 7) is 10.1. The van der Waals surface area contributed by atoms with Gasteiger partial charge in [0.15, 0.2) is 0 Å². The molecule has 1 unspecified atom stereocenters. The molecule has 0 amide bonds. The van der Waals surface area contributed by atoms with Crippen molar-refractivity contribution in [2.24, 2.45) is 5.92 Å². The lowest BCUT2D eigenvalue weighted by molar-refractivity contribution is 0.355. The monoisotopic (exact) mass is 311 g/mol. The lowest BCUT2D eigenvalue weighted by Gasteiger charge is -2.25. The van der Waals surface area contributed by atoms with E-state index in [1.807, 2.05) is 0 Å². The highest BCUT2D eigenvalue weighted by Crippen LogP contribution is 2.17. The van der Waals surface area contributed by atoms with Crippen LogP contribution in [0.15, 0.2) is 28.7 Å². The molecule has 0 saturated heterocycles. The maximum atomic E-state index is 3.63. The van der Waals surface area contributed by atoms with E-state index in [1.54, 1.807) is 0 Å². The van der Waals surface area contributed by atoms with Gasteiger partial charge in [-0.05, 0) is 63.8 Å². The Balaban J connectivity index is 2.54. The maximum Gasteiger partial charge on any atom is 0.0175 e. The van der Waals surface area contributed by atoms with E-state index in [0.717, 1.165) is 16.9 Å². The van der Waals surface area contributed by atoms with E-state index < -0.39 is 0 Å². The van der Waals surface area contributed by atoms with Crippen LogP contribution < -0.4 is 5.32 Å². The third-order valence-electron chi connectivity index (χ3n) is 3.06. The molecule has 1 nitrogen and oxygen atoms in total. The van der Waals surface area contributed by atoms with Gasteiger partial charge in [0.2, 0.25) is 0 Å². The van der Waals surface area contributed by atoms with Gasteiger partial charge in [-0.15, -0.1) is 0 Å². The Hall–Kier alpha value is -0.340. The van der Waals surface area contributed by atoms with Crippen LogP contribution in [0.2, 0.25) is 0 Å². The molecular formula is C16H26BrN. The molecule has 0 heterocycles. The van der Waals surface area contributed by atoms with Crippen molar-refractivity contribution in [2.45, 2.75) is 52.5 Å². The molecule has 2 heteroatoms. The largest absolute Gasteiger partial charge is 0.312 e. The Bertz CT molecular complexity index is 337. The topological polar surface area (TPSA) is 12.0 Å². The SMILES string of the molecule is CCCC(CNC(C)(C)C)Cc1ccc(Br)cc1. The molecule has 0 aliphatic heterocycles. The summed E-state index contributed by atoms with van der Waals surface area (Å²) in [5, 5.41) is 3.63. The number of halogens is 1. The number of hydrogen-bond donors (Lipinski definition) is 1. The van der Waals surface area contributed by atoms with Crippen LogP contribution >= 0.6 is 15.9 Å². The fourth-order valence-electron chi connectivity index (χ4n) is 2.09. The molecule has 0 fully saturated rings. The van der Waals surface area contributed by atoms with Gasteiger partial charge in [-0.2, -0.15) is 0 Å². The van der Waals surface area contributed by atoms with Gasteiger partial charge in [-0.1, -0.05) is 41.4 Å². The van der Waals surface area contributed by atoms with Crippen molar-refractivity contribution in [1.29, 1.82) is 0 Å². The fourth-order valence-corrected chi connectivity index (χ4v) is 2.35. The Kier molecular flexibility index (Phi) is 6.37. The summed E-state index contributed by atoms with van der Waals surface area (Å²) in [5.41, 5.74) is 1.65. The molecule has 0 aliphatic rings. The zero-order chi connectivity index (χ0) is 13.6. The molecule has 0 radical (unpaired) electrons. The fraction of sp³-hybridized carbons (Fsp3) is 0.625. The van der Waals surface area contributed by atoms with Crippen molar-refractivity contribution in [1.82, 2.24) is 5.32 Å². The van der Waals surface area contributed by atoms with E-state index in [1.165, 1.54) is 24.8 Å². The molecule has 1 atom stereocenters. The first-order valence-electron chi connectivity index (χ1n) is 6.90. The first-order valence-corrected chi connectivity index (χ1v) is 7.69. The average Bonchev–Trinajstić information content (AvgIpc) is 2.28. The summed E-state index contributed by atoms with van der Waals surface area (Å²) in [6, 6.07) is 8.72. The number of nitrogens with one attached hydrogen (secondary N) is 1. The summed E-state index contributed by atoms with van der Waals surface area (Å²) in [4.78, 5) is 0. The molecule has 102 valence electrons. The molecule has 1 aromatic carbocycles. The molecule has 0 bridgehead atoms. The van der Waals surface area contributed by atoms with Crippen LogP contribution in [-0.2, 0) is 6.42 Å². The van der Waals surface area contributed by atoms with E-state index in [4.69, 9.17) is 0 Å². The van der Waals surface area contributed by atoms with Crippen molar-refractivity contribution in [3.05, 3.63) is 34.3 Å². The first-order chi connectivity index (χ1) is 8.40. The van der Waals surface area contributed by atoms with Gasteiger partial charge >= 0.3 is 0 Å². The minimum Gasteiger partial charge on any atom is -0.312 e. The molecule has 1 rings (SSSR count). The maximum absolute atomic E-state index is 3.63. The minimum absolute atomic E-state index is 0.214. The van der Waals surface area contributed by atoms with Gasteiger partial charge in [-0.3, -0.25) is 0 Å². The number of benzene rings is 1. The van der Waals surface area contributed by atoms with Crippen molar-refractivity contribution in [3.63, 3.8) is 0 Å². The molecule has 1 aromatic rings. The summed E-state index contributed by atoms with van der Waals surface area (Å²) < 4.78 is 1.16. The van der Waals surface area contributed by atoms with Gasteiger partial charge in [0, 0.05) is 10.0 Å². The van der Waals surface area contributed by atoms with Crippen LogP contribution in [0.1, 0.15) is 46.1 Å². The zero-order valence-electron chi connectivity index (χ0n) is 12.1. The second-order valence-corrected chi connectivity index (χ2v) is 7.03. The molecule has 0 spiro atoms. The summed E-state index contributed by atoms with van der Waals surface area (Å²) in [6.07, 6.45) is 3.72. The third-order valence-corrected chi connectivity index (χ3v) is 3.58. The Morgan fingerprint density at radius 1 is 1.17 bits per heavy atom. The standard InChI is InChI=1S/C16H26BrN/c1-5-6-14(12-18-16(2,3)4)11-13-7-9-15(17)10-8-13/h7-10,14,18H,5-6,11-12H2,1-4H3. The van der Waals surface area contributed by atoms with E-state index >= 15 is 0 Å². The molecule has 0 aromatic heterocycles. The third kappa shape index (κ3) is 6.55. The second kappa shape index (κ2) is 7.30. The summed E-state index contributed by atoms with van der Waals surface area (Å²) in [7, 11) is 0. The number of rotatable bonds is 6. The van der Waals surface area contributed by atoms with Crippen LogP contribution in [0.5, 0.6) is 0 Å². The van der Waals surface area contributed by atoms with Gasteiger partial charge in [0.05, 0.1) is 0 Å². The lowest BCUT2D eigenvalue weighted by Crippen LogP contribution is -2.39. The van der Waals surface area contributed by atoms with E-state index in [9.17, 15) is 0 Å². The lowest BCUT2D eigenvalue weighted by atomic mass is 9.94. The number of hydrogen-bond acceptors (Lipinski definition) is 1. The van der Waals surface area contributed by atoms with Crippen molar-refractivity contribution in [3.8, 4) is 0 Å². The second-order valence-electron chi connectivity index (χ2n) is 6.12. The van der Waals surface area contributed by atoms with Crippen LogP contribution in [0.25, 0.3) is 0 Å². The minimum atomic E-state index is 0.214. The van der Waals surface area contributed by atoms with Crippen LogP contribution in [0, 0.1) is 5.92 Å². The van der Waals surface area contributed by atoms with Gasteiger partial charge in [0.25, 0.3) is 0 Å². The molecule has 18 heavy (non-hydrogen) atoms. The highest BCUT2D eigenvalue weighted by Gasteiger charge is 2.14. The van der Waals surface area contributed by atoms with Crippen molar-refractivity contribution < 1.29 is 0 Å². The Labute approximate surface area is 120 Å². The van der Waals surface area contributed by atoms with Crippen molar-refractivity contribution in [2.75, 3.05) is 6.54 Å². The molecule has 0 saturated carbocycles. The van der Waals surface area contributed by atoms with Gasteiger partial charge < -0.3 is 5.32 Å². The van der Waals surface area contributed by atoms with Crippen LogP contribution in [0.3, 0.4) is 0 Å². The summed E-state index contributed by atoms with van der Waals surface area (Å²) in [5.74, 6) is 0.732. The van der Waals surface area contributed by atoms with E-state index in [-0.39, 0.29) is 5.54 Å². The summed E-state index contributed by atoms with van der Waals surface area (Å²) >= 11 is 3.49. The van der Waals surface area contributed by atoms with Gasteiger partial charge in [-0.25, -0.2) is 0 Å². The van der Waals surface area contributed by atoms with E-state index in [0.29, 0.717) is 0 Å².